The predicted molar refractivity (Wildman–Crippen MR) is 114 cm³/mol. The van der Waals surface area contributed by atoms with E-state index in [0.29, 0.717) is 24.6 Å². The predicted octanol–water partition coefficient (Wildman–Crippen LogP) is 3.15. The summed E-state index contributed by atoms with van der Waals surface area (Å²) in [6.45, 7) is 8.72. The fourth-order valence-electron chi connectivity index (χ4n) is 2.61. The first kappa shape index (κ1) is 23.0. The van der Waals surface area contributed by atoms with Crippen molar-refractivity contribution in [2.45, 2.75) is 39.3 Å². The SMILES string of the molecule is CCN(CCNC(=O)C(CCSC)NC(=O)c1ccccc1Br)C(C)C. The number of benzene rings is 1. The van der Waals surface area contributed by atoms with E-state index in [4.69, 9.17) is 0 Å². The zero-order chi connectivity index (χ0) is 19.5. The molecule has 1 aromatic carbocycles. The minimum atomic E-state index is -0.531. The van der Waals surface area contributed by atoms with Gasteiger partial charge in [-0.2, -0.15) is 11.8 Å². The van der Waals surface area contributed by atoms with E-state index in [1.807, 2.05) is 24.5 Å². The lowest BCUT2D eigenvalue weighted by molar-refractivity contribution is -0.123. The first-order chi connectivity index (χ1) is 12.4. The van der Waals surface area contributed by atoms with Crippen molar-refractivity contribution >= 4 is 39.5 Å². The van der Waals surface area contributed by atoms with Crippen molar-refractivity contribution in [3.05, 3.63) is 34.3 Å². The lowest BCUT2D eigenvalue weighted by atomic mass is 10.1. The highest BCUT2D eigenvalue weighted by Gasteiger charge is 2.22. The molecule has 0 heterocycles. The number of nitrogens with one attached hydrogen (secondary N) is 2. The summed E-state index contributed by atoms with van der Waals surface area (Å²) in [6.07, 6.45) is 2.59. The molecule has 0 spiro atoms. The molecule has 0 fully saturated rings. The number of amides is 2. The van der Waals surface area contributed by atoms with Gasteiger partial charge in [0.15, 0.2) is 0 Å². The van der Waals surface area contributed by atoms with Crippen molar-refractivity contribution in [1.29, 1.82) is 0 Å². The number of nitrogens with zero attached hydrogens (tertiary/aromatic N) is 1. The van der Waals surface area contributed by atoms with Crippen LogP contribution in [0, 0.1) is 0 Å². The fraction of sp³-hybridized carbons (Fsp3) is 0.579. The molecule has 1 rings (SSSR count). The third-order valence-corrected chi connectivity index (χ3v) is 5.52. The quantitative estimate of drug-likeness (QED) is 0.551. The standard InChI is InChI=1S/C19H30BrN3O2S/c1-5-23(14(2)3)12-11-21-19(25)17(10-13-26-4)22-18(24)15-8-6-7-9-16(15)20/h6-9,14,17H,5,10-13H2,1-4H3,(H,21,25)(H,22,24). The van der Waals surface area contributed by atoms with E-state index in [-0.39, 0.29) is 11.8 Å². The molecule has 5 nitrogen and oxygen atoms in total. The molecule has 7 heteroatoms. The second-order valence-corrected chi connectivity index (χ2v) is 8.14. The molecule has 0 saturated carbocycles. The van der Waals surface area contributed by atoms with Crippen molar-refractivity contribution in [1.82, 2.24) is 15.5 Å². The fourth-order valence-corrected chi connectivity index (χ4v) is 3.55. The van der Waals surface area contributed by atoms with Crippen LogP contribution in [0.1, 0.15) is 37.6 Å². The molecule has 146 valence electrons. The van der Waals surface area contributed by atoms with Crippen LogP contribution in [0.4, 0.5) is 0 Å². The Bertz CT molecular complexity index is 584. The first-order valence-electron chi connectivity index (χ1n) is 8.96. The molecular weight excluding hydrogens is 414 g/mol. The average molecular weight is 444 g/mol. The van der Waals surface area contributed by atoms with Gasteiger partial charge in [0, 0.05) is 23.6 Å². The van der Waals surface area contributed by atoms with E-state index in [1.165, 1.54) is 0 Å². The number of carbonyl (C=O) groups is 2. The van der Waals surface area contributed by atoms with Crippen molar-refractivity contribution in [3.63, 3.8) is 0 Å². The molecule has 2 amide bonds. The molecule has 0 saturated heterocycles. The maximum Gasteiger partial charge on any atom is 0.253 e. The Hall–Kier alpha value is -1.05. The minimum Gasteiger partial charge on any atom is -0.353 e. The van der Waals surface area contributed by atoms with Gasteiger partial charge in [-0.1, -0.05) is 19.1 Å². The summed E-state index contributed by atoms with van der Waals surface area (Å²) in [5.41, 5.74) is 0.534. The second kappa shape index (κ2) is 12.4. The van der Waals surface area contributed by atoms with E-state index in [9.17, 15) is 9.59 Å². The molecule has 0 bridgehead atoms. The molecule has 0 aliphatic rings. The monoisotopic (exact) mass is 443 g/mol. The summed E-state index contributed by atoms with van der Waals surface area (Å²) in [7, 11) is 0. The van der Waals surface area contributed by atoms with Crippen molar-refractivity contribution < 1.29 is 9.59 Å². The van der Waals surface area contributed by atoms with Gasteiger partial charge < -0.3 is 10.6 Å². The van der Waals surface area contributed by atoms with E-state index < -0.39 is 6.04 Å². The number of hydrogen-bond acceptors (Lipinski definition) is 4. The van der Waals surface area contributed by atoms with Crippen LogP contribution in [0.25, 0.3) is 0 Å². The molecule has 2 N–H and O–H groups in total. The van der Waals surface area contributed by atoms with Gasteiger partial charge in [0.2, 0.25) is 5.91 Å². The largest absolute Gasteiger partial charge is 0.353 e. The molecule has 0 aromatic heterocycles. The number of carbonyl (C=O) groups excluding carboxylic acids is 2. The maximum absolute atomic E-state index is 12.6. The Kier molecular flexibility index (Phi) is 10.9. The van der Waals surface area contributed by atoms with Crippen molar-refractivity contribution in [2.24, 2.45) is 0 Å². The van der Waals surface area contributed by atoms with E-state index in [1.54, 1.807) is 17.8 Å². The second-order valence-electron chi connectivity index (χ2n) is 6.30. The van der Waals surface area contributed by atoms with Crippen LogP contribution < -0.4 is 10.6 Å². The zero-order valence-electron chi connectivity index (χ0n) is 16.0. The van der Waals surface area contributed by atoms with Gasteiger partial charge >= 0.3 is 0 Å². The van der Waals surface area contributed by atoms with Gasteiger partial charge in [-0.25, -0.2) is 0 Å². The average Bonchev–Trinajstić information content (AvgIpc) is 2.61. The third kappa shape index (κ3) is 7.68. The van der Waals surface area contributed by atoms with Gasteiger partial charge in [0.1, 0.15) is 6.04 Å². The maximum atomic E-state index is 12.6. The first-order valence-corrected chi connectivity index (χ1v) is 11.1. The van der Waals surface area contributed by atoms with Gasteiger partial charge in [0.25, 0.3) is 5.91 Å². The van der Waals surface area contributed by atoms with Gasteiger partial charge in [0.05, 0.1) is 5.56 Å². The molecular formula is C19H30BrN3O2S. The van der Waals surface area contributed by atoms with Crippen LogP contribution in [0.5, 0.6) is 0 Å². The molecule has 0 aliphatic heterocycles. The van der Waals surface area contributed by atoms with Gasteiger partial charge in [-0.3, -0.25) is 14.5 Å². The summed E-state index contributed by atoms with van der Waals surface area (Å²) >= 11 is 5.05. The highest BCUT2D eigenvalue weighted by Crippen LogP contribution is 2.16. The summed E-state index contributed by atoms with van der Waals surface area (Å²) in [4.78, 5) is 27.4. The number of hydrogen-bond donors (Lipinski definition) is 2. The van der Waals surface area contributed by atoms with E-state index in [2.05, 4.69) is 52.2 Å². The van der Waals surface area contributed by atoms with E-state index >= 15 is 0 Å². The lowest BCUT2D eigenvalue weighted by Gasteiger charge is -2.25. The lowest BCUT2D eigenvalue weighted by Crippen LogP contribution is -2.49. The van der Waals surface area contributed by atoms with Gasteiger partial charge in [-0.05, 0) is 66.9 Å². The number of likely N-dealkylation sites (N-methyl/N-ethyl adjacent to an activating group) is 1. The number of thioether (sulfide) groups is 1. The molecule has 1 unspecified atom stereocenters. The van der Waals surface area contributed by atoms with Crippen LogP contribution in [-0.2, 0) is 4.79 Å². The normalized spacial score (nSPS) is 12.3. The van der Waals surface area contributed by atoms with Crippen LogP contribution in [0.2, 0.25) is 0 Å². The highest BCUT2D eigenvalue weighted by molar-refractivity contribution is 9.10. The smallest absolute Gasteiger partial charge is 0.253 e. The molecule has 26 heavy (non-hydrogen) atoms. The summed E-state index contributed by atoms with van der Waals surface area (Å²) < 4.78 is 0.719. The van der Waals surface area contributed by atoms with Crippen molar-refractivity contribution in [3.8, 4) is 0 Å². The topological polar surface area (TPSA) is 61.4 Å². The minimum absolute atomic E-state index is 0.126. The summed E-state index contributed by atoms with van der Waals surface area (Å²) in [5.74, 6) is 0.442. The Labute approximate surface area is 169 Å². The third-order valence-electron chi connectivity index (χ3n) is 4.19. The Morgan fingerprint density at radius 1 is 1.27 bits per heavy atom. The number of rotatable bonds is 11. The Morgan fingerprint density at radius 2 is 1.96 bits per heavy atom. The van der Waals surface area contributed by atoms with Gasteiger partial charge in [-0.15, -0.1) is 0 Å². The number of halogens is 1. The van der Waals surface area contributed by atoms with Crippen LogP contribution >= 0.6 is 27.7 Å². The highest BCUT2D eigenvalue weighted by atomic mass is 79.9. The van der Waals surface area contributed by atoms with Crippen LogP contribution in [0.3, 0.4) is 0 Å². The Morgan fingerprint density at radius 3 is 2.54 bits per heavy atom. The summed E-state index contributed by atoms with van der Waals surface area (Å²) in [6, 6.07) is 7.13. The summed E-state index contributed by atoms with van der Waals surface area (Å²) in [5, 5.41) is 5.84. The zero-order valence-corrected chi connectivity index (χ0v) is 18.5. The van der Waals surface area contributed by atoms with Crippen LogP contribution in [0.15, 0.2) is 28.7 Å². The van der Waals surface area contributed by atoms with Crippen molar-refractivity contribution in [2.75, 3.05) is 31.6 Å². The van der Waals surface area contributed by atoms with E-state index in [0.717, 1.165) is 23.3 Å². The van der Waals surface area contributed by atoms with Crippen LogP contribution in [-0.4, -0.2) is 60.4 Å². The Balaban J connectivity index is 2.66. The molecule has 1 atom stereocenters. The molecule has 1 aromatic rings. The molecule has 0 radical (unpaired) electrons. The molecule has 0 aliphatic carbocycles.